The van der Waals surface area contributed by atoms with Crippen molar-refractivity contribution in [2.24, 2.45) is 0 Å². The minimum Gasteiger partial charge on any atom is -0.387 e. The number of ether oxygens (including phenoxy) is 1. The fraction of sp³-hybridized carbons (Fsp3) is 0.500. The number of aliphatic hydroxyl groups is 2. The molecule has 0 aliphatic carbocycles. The molecule has 3 heterocycles. The number of nitrogen functional groups attached to an aromatic ring is 1. The number of anilines is 1. The van der Waals surface area contributed by atoms with Gasteiger partial charge in [-0.1, -0.05) is 4.98 Å². The van der Waals surface area contributed by atoms with Gasteiger partial charge in [0.15, 0.2) is 6.33 Å². The van der Waals surface area contributed by atoms with Crippen molar-refractivity contribution in [2.75, 3.05) is 12.3 Å². The Morgan fingerprint density at radius 2 is 2.12 bits per heavy atom. The number of imidazole rings is 1. The molecule has 2 aromatic rings. The number of aromatic nitrogens is 4. The van der Waals surface area contributed by atoms with Crippen molar-refractivity contribution >= 4 is 24.9 Å². The maximum atomic E-state index is 11.8. The molecular formula is C10H15N5O8P+. The number of aliphatic hydroxyl groups excluding tert-OH is 2. The highest BCUT2D eigenvalue weighted by molar-refractivity contribution is 7.46. The number of H-pyrrole nitrogens is 2. The van der Waals surface area contributed by atoms with E-state index in [0.717, 1.165) is 0 Å². The number of nitrogens with one attached hydrogen (secondary N) is 2. The fourth-order valence-electron chi connectivity index (χ4n) is 2.45. The van der Waals surface area contributed by atoms with Crippen LogP contribution < -0.4 is 15.9 Å². The molecule has 4 atom stereocenters. The van der Waals surface area contributed by atoms with Crippen LogP contribution in [0.2, 0.25) is 0 Å². The molecule has 1 aliphatic heterocycles. The molecule has 14 heteroatoms. The van der Waals surface area contributed by atoms with E-state index in [4.69, 9.17) is 20.3 Å². The average Bonchev–Trinajstić information content (AvgIpc) is 3.00. The molecule has 1 fully saturated rings. The second-order valence-corrected chi connectivity index (χ2v) is 6.40. The third-order valence-electron chi connectivity index (χ3n) is 3.53. The summed E-state index contributed by atoms with van der Waals surface area (Å²) >= 11 is 0. The van der Waals surface area contributed by atoms with Crippen LogP contribution in [0.15, 0.2) is 11.1 Å². The quantitative estimate of drug-likeness (QED) is 0.214. The molecule has 0 radical (unpaired) electrons. The summed E-state index contributed by atoms with van der Waals surface area (Å²) in [5.41, 5.74) is 5.09. The minimum absolute atomic E-state index is 0.0732. The molecule has 4 unspecified atom stereocenters. The molecule has 3 rings (SSSR count). The van der Waals surface area contributed by atoms with Gasteiger partial charge in [0.1, 0.15) is 18.3 Å². The first-order valence-corrected chi connectivity index (χ1v) is 8.20. The van der Waals surface area contributed by atoms with Crippen molar-refractivity contribution in [3.8, 4) is 0 Å². The van der Waals surface area contributed by atoms with Crippen molar-refractivity contribution in [1.29, 1.82) is 0 Å². The van der Waals surface area contributed by atoms with Crippen LogP contribution in [0, 0.1) is 0 Å². The zero-order valence-electron chi connectivity index (χ0n) is 11.9. The molecule has 132 valence electrons. The molecule has 8 N–H and O–H groups in total. The number of hydrogen-bond acceptors (Lipinski definition) is 8. The normalized spacial score (nSPS) is 27.8. The monoisotopic (exact) mass is 364 g/mol. The summed E-state index contributed by atoms with van der Waals surface area (Å²) in [6.45, 7) is -0.641. The third kappa shape index (κ3) is 3.06. The molecule has 1 saturated heterocycles. The largest absolute Gasteiger partial charge is 0.469 e. The predicted molar refractivity (Wildman–Crippen MR) is 75.2 cm³/mol. The van der Waals surface area contributed by atoms with E-state index in [-0.39, 0.29) is 17.1 Å². The van der Waals surface area contributed by atoms with E-state index in [1.807, 2.05) is 0 Å². The van der Waals surface area contributed by atoms with Crippen molar-refractivity contribution in [2.45, 2.75) is 24.5 Å². The second-order valence-electron chi connectivity index (χ2n) is 5.16. The lowest BCUT2D eigenvalue weighted by Gasteiger charge is -2.14. The topological polar surface area (TPSA) is 208 Å². The third-order valence-corrected chi connectivity index (χ3v) is 4.01. The zero-order valence-corrected chi connectivity index (χ0v) is 12.8. The summed E-state index contributed by atoms with van der Waals surface area (Å²) in [6.07, 6.45) is -4.01. The van der Waals surface area contributed by atoms with E-state index in [9.17, 15) is 19.6 Å². The lowest BCUT2D eigenvalue weighted by atomic mass is 10.1. The van der Waals surface area contributed by atoms with Gasteiger partial charge in [0.2, 0.25) is 11.7 Å². The maximum Gasteiger partial charge on any atom is 0.469 e. The number of nitrogens with two attached hydrogens (primary N) is 1. The van der Waals surface area contributed by atoms with Crippen molar-refractivity contribution < 1.29 is 38.4 Å². The summed E-state index contributed by atoms with van der Waals surface area (Å²) in [7, 11) is -4.76. The number of rotatable bonds is 4. The molecule has 1 aliphatic rings. The van der Waals surface area contributed by atoms with Crippen LogP contribution in [0.25, 0.3) is 11.2 Å². The Balaban J connectivity index is 1.90. The standard InChI is InChI=1S/C10H14N5O8P/c11-10-13-7-4(8(18)14-10)12-2-15(7)9-6(17)5(16)3(23-9)1-22-24(19,20)21/h2-3,5-6,9,16-17H,1H2,(H5,11,13,14,18,19,20,21)/p+1. The molecule has 0 bridgehead atoms. The fourth-order valence-corrected chi connectivity index (χ4v) is 2.79. The smallest absolute Gasteiger partial charge is 0.387 e. The SMILES string of the molecule is Nc1nc2c([nH]c[n+]2C2OC(COP(=O)(O)O)C(O)C2O)c(=O)[nH]1. The Morgan fingerprint density at radius 3 is 2.79 bits per heavy atom. The minimum atomic E-state index is -4.76. The van der Waals surface area contributed by atoms with Crippen molar-refractivity contribution in [3.63, 3.8) is 0 Å². The van der Waals surface area contributed by atoms with E-state index in [1.165, 1.54) is 10.9 Å². The van der Waals surface area contributed by atoms with E-state index in [0.29, 0.717) is 0 Å². The van der Waals surface area contributed by atoms with Gasteiger partial charge in [0.25, 0.3) is 11.5 Å². The molecule has 24 heavy (non-hydrogen) atoms. The summed E-state index contributed by atoms with van der Waals surface area (Å²) in [5.74, 6) is -0.157. The van der Waals surface area contributed by atoms with Gasteiger partial charge in [0, 0.05) is 0 Å². The van der Waals surface area contributed by atoms with Gasteiger partial charge in [-0.05, 0) is 0 Å². The first-order chi connectivity index (χ1) is 11.2. The zero-order chi connectivity index (χ0) is 17.6. The molecule has 0 spiro atoms. The first-order valence-electron chi connectivity index (χ1n) is 6.67. The Kier molecular flexibility index (Phi) is 4.17. The van der Waals surface area contributed by atoms with Crippen LogP contribution in [-0.2, 0) is 13.8 Å². The average molecular weight is 364 g/mol. The Labute approximate surface area is 132 Å². The molecule has 2 aromatic heterocycles. The van der Waals surface area contributed by atoms with Crippen LogP contribution in [0.3, 0.4) is 0 Å². The lowest BCUT2D eigenvalue weighted by Crippen LogP contribution is -2.46. The molecule has 0 saturated carbocycles. The predicted octanol–water partition coefficient (Wildman–Crippen LogP) is -3.15. The summed E-state index contributed by atoms with van der Waals surface area (Å²) < 4.78 is 21.7. The van der Waals surface area contributed by atoms with E-state index in [2.05, 4.69) is 19.5 Å². The number of aromatic amines is 2. The molecule has 0 amide bonds. The van der Waals surface area contributed by atoms with Crippen molar-refractivity contribution in [3.05, 3.63) is 16.7 Å². The summed E-state index contributed by atoms with van der Waals surface area (Å²) in [6, 6.07) is 0. The highest BCUT2D eigenvalue weighted by atomic mass is 31.2. The Morgan fingerprint density at radius 1 is 1.42 bits per heavy atom. The lowest BCUT2D eigenvalue weighted by molar-refractivity contribution is -0.745. The van der Waals surface area contributed by atoms with Crippen LogP contribution >= 0.6 is 7.82 Å². The van der Waals surface area contributed by atoms with Gasteiger partial charge in [-0.15, -0.1) is 0 Å². The number of phosphoric ester groups is 1. The highest BCUT2D eigenvalue weighted by Crippen LogP contribution is 2.37. The number of phosphoric acid groups is 1. The Hall–Kier alpha value is -1.86. The van der Waals surface area contributed by atoms with Gasteiger partial charge in [-0.2, -0.15) is 0 Å². The second kappa shape index (κ2) is 5.89. The van der Waals surface area contributed by atoms with Gasteiger partial charge in [-0.25, -0.2) is 9.13 Å². The first kappa shape index (κ1) is 17.0. The van der Waals surface area contributed by atoms with Crippen LogP contribution in [-0.4, -0.2) is 59.9 Å². The van der Waals surface area contributed by atoms with E-state index in [1.54, 1.807) is 0 Å². The molecule has 13 nitrogen and oxygen atoms in total. The van der Waals surface area contributed by atoms with E-state index < -0.39 is 44.5 Å². The van der Waals surface area contributed by atoms with Crippen LogP contribution in [0.4, 0.5) is 5.95 Å². The van der Waals surface area contributed by atoms with Crippen LogP contribution in [0.1, 0.15) is 6.23 Å². The Bertz CT molecular complexity index is 861. The van der Waals surface area contributed by atoms with Gasteiger partial charge >= 0.3 is 13.5 Å². The van der Waals surface area contributed by atoms with Crippen molar-refractivity contribution in [1.82, 2.24) is 15.0 Å². The summed E-state index contributed by atoms with van der Waals surface area (Å²) in [5, 5.41) is 20.1. The van der Waals surface area contributed by atoms with Gasteiger partial charge in [0.05, 0.1) is 6.61 Å². The summed E-state index contributed by atoms with van der Waals surface area (Å²) in [4.78, 5) is 38.0. The van der Waals surface area contributed by atoms with Crippen LogP contribution in [0.5, 0.6) is 0 Å². The van der Waals surface area contributed by atoms with E-state index >= 15 is 0 Å². The maximum absolute atomic E-state index is 11.8. The molecular weight excluding hydrogens is 349 g/mol. The highest BCUT2D eigenvalue weighted by Gasteiger charge is 2.47. The molecule has 0 aromatic carbocycles. The van der Waals surface area contributed by atoms with Gasteiger partial charge < -0.3 is 30.5 Å². The number of fused-ring (bicyclic) bond motifs is 1. The number of nitrogens with zero attached hydrogens (tertiary/aromatic N) is 2. The van der Waals surface area contributed by atoms with Gasteiger partial charge in [-0.3, -0.25) is 19.3 Å². The number of hydrogen-bond donors (Lipinski definition) is 7.